The molecular weight excluding hydrogens is 292 g/mol. The molecule has 2 aromatic rings. The molecule has 1 aliphatic heterocycles. The number of nitrogens with two attached hydrogens (primary N) is 1. The lowest BCUT2D eigenvalue weighted by molar-refractivity contribution is 0.215. The van der Waals surface area contributed by atoms with E-state index in [1.165, 1.54) is 0 Å². The number of nitrogens with zero attached hydrogens (tertiary/aromatic N) is 4. The molecule has 23 heavy (non-hydrogen) atoms. The van der Waals surface area contributed by atoms with Crippen LogP contribution < -0.4 is 11.1 Å². The number of hydrogen-bond donors (Lipinski definition) is 2. The third-order valence-electron chi connectivity index (χ3n) is 5.10. The second-order valence-electron chi connectivity index (χ2n) is 6.87. The zero-order valence-corrected chi connectivity index (χ0v) is 14.1. The molecule has 2 atom stereocenters. The number of rotatable bonds is 2. The Hall–Kier alpha value is -2.15. The zero-order chi connectivity index (χ0) is 16.8. The SMILES string of the molecule is Cc1nn(C)c2ncc(NC(=O)N3C[C@@H](C)[C@](C)(CN)C3)cc12. The number of carbonyl (C=O) groups excluding carboxylic acids is 1. The Kier molecular flexibility index (Phi) is 3.75. The summed E-state index contributed by atoms with van der Waals surface area (Å²) in [6, 6.07) is 1.82. The summed E-state index contributed by atoms with van der Waals surface area (Å²) in [6.07, 6.45) is 1.67. The number of nitrogens with one attached hydrogen (secondary N) is 1. The highest BCUT2D eigenvalue weighted by Crippen LogP contribution is 2.34. The van der Waals surface area contributed by atoms with Gasteiger partial charge in [-0.2, -0.15) is 5.10 Å². The Labute approximate surface area is 135 Å². The zero-order valence-electron chi connectivity index (χ0n) is 14.1. The maximum atomic E-state index is 12.5. The van der Waals surface area contributed by atoms with Crippen LogP contribution in [-0.4, -0.2) is 45.3 Å². The van der Waals surface area contributed by atoms with Gasteiger partial charge in [0.05, 0.1) is 17.6 Å². The van der Waals surface area contributed by atoms with Crippen LogP contribution in [0.2, 0.25) is 0 Å². The summed E-state index contributed by atoms with van der Waals surface area (Å²) in [6.45, 7) is 8.20. The van der Waals surface area contributed by atoms with Crippen molar-refractivity contribution in [2.75, 3.05) is 25.0 Å². The van der Waals surface area contributed by atoms with Gasteiger partial charge in [0.25, 0.3) is 0 Å². The Morgan fingerprint density at radius 3 is 2.96 bits per heavy atom. The fourth-order valence-electron chi connectivity index (χ4n) is 3.21. The van der Waals surface area contributed by atoms with Crippen LogP contribution in [-0.2, 0) is 7.05 Å². The predicted octanol–water partition coefficient (Wildman–Crippen LogP) is 1.73. The molecule has 0 radical (unpaired) electrons. The van der Waals surface area contributed by atoms with Crippen molar-refractivity contribution in [2.45, 2.75) is 20.8 Å². The van der Waals surface area contributed by atoms with Crippen LogP contribution in [0.15, 0.2) is 12.3 Å². The number of aromatic nitrogens is 3. The first-order valence-electron chi connectivity index (χ1n) is 7.89. The number of anilines is 1. The third-order valence-corrected chi connectivity index (χ3v) is 5.10. The molecule has 3 N–H and O–H groups in total. The summed E-state index contributed by atoms with van der Waals surface area (Å²) in [5.41, 5.74) is 8.26. The van der Waals surface area contributed by atoms with Crippen LogP contribution >= 0.6 is 0 Å². The minimum atomic E-state index is -0.100. The van der Waals surface area contributed by atoms with Gasteiger partial charge in [0.1, 0.15) is 0 Å². The standard InChI is InChI=1S/C16H24N6O/c1-10-7-22(9-16(10,3)8-17)15(23)19-12-5-13-11(2)20-21(4)14(13)18-6-12/h5-6,10H,7-9,17H2,1-4H3,(H,19,23)/t10-,16-/m1/s1. The van der Waals surface area contributed by atoms with Gasteiger partial charge >= 0.3 is 6.03 Å². The average Bonchev–Trinajstić information content (AvgIpc) is 2.97. The van der Waals surface area contributed by atoms with Crippen LogP contribution in [0.4, 0.5) is 10.5 Å². The molecule has 0 saturated carbocycles. The number of carbonyl (C=O) groups is 1. The molecule has 1 fully saturated rings. The van der Waals surface area contributed by atoms with Crippen LogP contribution in [0.5, 0.6) is 0 Å². The van der Waals surface area contributed by atoms with E-state index in [0.717, 1.165) is 23.3 Å². The van der Waals surface area contributed by atoms with E-state index in [-0.39, 0.29) is 11.4 Å². The number of hydrogen-bond acceptors (Lipinski definition) is 4. The van der Waals surface area contributed by atoms with E-state index in [1.807, 2.05) is 24.9 Å². The molecule has 2 aromatic heterocycles. The van der Waals surface area contributed by atoms with Gasteiger partial charge in [0, 0.05) is 30.9 Å². The van der Waals surface area contributed by atoms with Gasteiger partial charge in [-0.05, 0) is 25.5 Å². The summed E-state index contributed by atoms with van der Waals surface area (Å²) in [5, 5.41) is 8.24. The van der Waals surface area contributed by atoms with Crippen molar-refractivity contribution in [2.24, 2.45) is 24.1 Å². The van der Waals surface area contributed by atoms with Gasteiger partial charge in [0.15, 0.2) is 5.65 Å². The lowest BCUT2D eigenvalue weighted by Crippen LogP contribution is -2.37. The van der Waals surface area contributed by atoms with Crippen molar-refractivity contribution in [3.05, 3.63) is 18.0 Å². The maximum absolute atomic E-state index is 12.5. The summed E-state index contributed by atoms with van der Waals surface area (Å²) >= 11 is 0. The predicted molar refractivity (Wildman–Crippen MR) is 90.2 cm³/mol. The monoisotopic (exact) mass is 316 g/mol. The second kappa shape index (κ2) is 5.49. The lowest BCUT2D eigenvalue weighted by atomic mass is 9.81. The average molecular weight is 316 g/mol. The van der Waals surface area contributed by atoms with Crippen molar-refractivity contribution in [3.8, 4) is 0 Å². The molecule has 0 unspecified atom stereocenters. The van der Waals surface area contributed by atoms with Crippen molar-refractivity contribution in [1.82, 2.24) is 19.7 Å². The molecule has 7 heteroatoms. The molecule has 0 aromatic carbocycles. The lowest BCUT2D eigenvalue weighted by Gasteiger charge is -2.25. The Morgan fingerprint density at radius 1 is 1.57 bits per heavy atom. The topological polar surface area (TPSA) is 89.1 Å². The van der Waals surface area contributed by atoms with E-state index in [9.17, 15) is 4.79 Å². The minimum absolute atomic E-state index is 0.0144. The van der Waals surface area contributed by atoms with Gasteiger partial charge < -0.3 is 16.0 Å². The highest BCUT2D eigenvalue weighted by atomic mass is 16.2. The van der Waals surface area contributed by atoms with Gasteiger partial charge in [-0.25, -0.2) is 9.78 Å². The van der Waals surface area contributed by atoms with Crippen LogP contribution in [0, 0.1) is 18.3 Å². The van der Waals surface area contributed by atoms with E-state index in [4.69, 9.17) is 5.73 Å². The summed E-state index contributed by atoms with van der Waals surface area (Å²) in [7, 11) is 1.86. The second-order valence-corrected chi connectivity index (χ2v) is 6.87. The normalized spacial score (nSPS) is 24.4. The fraction of sp³-hybridized carbons (Fsp3) is 0.562. The largest absolute Gasteiger partial charge is 0.330 e. The fourth-order valence-corrected chi connectivity index (χ4v) is 3.21. The molecule has 0 spiro atoms. The van der Waals surface area contributed by atoms with Gasteiger partial charge in [-0.1, -0.05) is 13.8 Å². The summed E-state index contributed by atoms with van der Waals surface area (Å²) in [5.74, 6) is 0.388. The van der Waals surface area contributed by atoms with Crippen LogP contribution in [0.3, 0.4) is 0 Å². The molecule has 124 valence electrons. The van der Waals surface area contributed by atoms with E-state index in [1.54, 1.807) is 10.9 Å². The first-order valence-corrected chi connectivity index (χ1v) is 7.89. The maximum Gasteiger partial charge on any atom is 0.321 e. The molecule has 0 aliphatic carbocycles. The molecule has 7 nitrogen and oxygen atoms in total. The minimum Gasteiger partial charge on any atom is -0.330 e. The molecule has 0 bridgehead atoms. The highest BCUT2D eigenvalue weighted by molar-refractivity contribution is 5.92. The number of pyridine rings is 1. The van der Waals surface area contributed by atoms with E-state index in [0.29, 0.717) is 24.7 Å². The Morgan fingerprint density at radius 2 is 2.30 bits per heavy atom. The Balaban J connectivity index is 1.77. The van der Waals surface area contributed by atoms with E-state index in [2.05, 4.69) is 29.2 Å². The van der Waals surface area contributed by atoms with Crippen molar-refractivity contribution >= 4 is 22.8 Å². The Bertz CT molecular complexity index is 754. The molecule has 1 aliphatic rings. The smallest absolute Gasteiger partial charge is 0.321 e. The number of amides is 2. The molecule has 3 heterocycles. The van der Waals surface area contributed by atoms with Crippen LogP contribution in [0.1, 0.15) is 19.5 Å². The highest BCUT2D eigenvalue weighted by Gasteiger charge is 2.41. The number of aryl methyl sites for hydroxylation is 2. The van der Waals surface area contributed by atoms with Gasteiger partial charge in [-0.3, -0.25) is 4.68 Å². The number of likely N-dealkylation sites (tertiary alicyclic amines) is 1. The summed E-state index contributed by atoms with van der Waals surface area (Å²) < 4.78 is 1.74. The first-order chi connectivity index (χ1) is 10.8. The quantitative estimate of drug-likeness (QED) is 0.883. The molecule has 1 saturated heterocycles. The molecule has 3 rings (SSSR count). The van der Waals surface area contributed by atoms with Crippen molar-refractivity contribution < 1.29 is 4.79 Å². The van der Waals surface area contributed by atoms with Crippen molar-refractivity contribution in [1.29, 1.82) is 0 Å². The third kappa shape index (κ3) is 2.65. The van der Waals surface area contributed by atoms with E-state index < -0.39 is 0 Å². The van der Waals surface area contributed by atoms with Gasteiger partial charge in [-0.15, -0.1) is 0 Å². The van der Waals surface area contributed by atoms with Gasteiger partial charge in [0.2, 0.25) is 0 Å². The van der Waals surface area contributed by atoms with E-state index >= 15 is 0 Å². The number of urea groups is 1. The van der Waals surface area contributed by atoms with Crippen molar-refractivity contribution in [3.63, 3.8) is 0 Å². The molecular formula is C16H24N6O. The summed E-state index contributed by atoms with van der Waals surface area (Å²) in [4.78, 5) is 18.7. The molecule has 2 amide bonds. The first kappa shape index (κ1) is 15.7. The number of fused-ring (bicyclic) bond motifs is 1. The van der Waals surface area contributed by atoms with Crippen LogP contribution in [0.25, 0.3) is 11.0 Å².